The van der Waals surface area contributed by atoms with Crippen LogP contribution in [0.2, 0.25) is 0 Å². The largest absolute Gasteiger partial charge is 0.379 e. The van der Waals surface area contributed by atoms with Gasteiger partial charge in [0.15, 0.2) is 0 Å². The maximum atomic E-state index is 11.2. The number of nitrogens with zero attached hydrogens (tertiary/aromatic N) is 2. The maximum Gasteiger partial charge on any atom is 0.325 e. The van der Waals surface area contributed by atoms with E-state index in [0.717, 1.165) is 45.8 Å². The number of nitrogens with one attached hydrogen (secondary N) is 1. The van der Waals surface area contributed by atoms with Crippen LogP contribution in [-0.2, 0) is 11.3 Å². The summed E-state index contributed by atoms with van der Waals surface area (Å²) in [5, 5.41) is 0. The highest BCUT2D eigenvalue weighted by Gasteiger charge is 2.09. The highest BCUT2D eigenvalue weighted by Crippen LogP contribution is 1.98. The topological polar surface area (TPSA) is 50.3 Å². The normalized spacial score (nSPS) is 18.1. The van der Waals surface area contributed by atoms with Crippen LogP contribution in [0.15, 0.2) is 17.2 Å². The van der Waals surface area contributed by atoms with E-state index < -0.39 is 0 Å². The summed E-state index contributed by atoms with van der Waals surface area (Å²) in [6.07, 6.45) is 4.48. The second kappa shape index (κ2) is 5.14. The molecule has 1 aromatic rings. The molecular weight excluding hydrogens is 194 g/mol. The molecule has 2 rings (SSSR count). The van der Waals surface area contributed by atoms with E-state index in [-0.39, 0.29) is 5.69 Å². The van der Waals surface area contributed by atoms with E-state index in [0.29, 0.717) is 0 Å². The third-order valence-electron chi connectivity index (χ3n) is 2.70. The number of hydrogen-bond acceptors (Lipinski definition) is 3. The molecule has 0 aromatic carbocycles. The Labute approximate surface area is 88.7 Å². The van der Waals surface area contributed by atoms with Crippen molar-refractivity contribution in [3.05, 3.63) is 22.9 Å². The molecule has 1 saturated heterocycles. The van der Waals surface area contributed by atoms with Crippen molar-refractivity contribution < 1.29 is 4.74 Å². The first-order valence-corrected chi connectivity index (χ1v) is 5.40. The van der Waals surface area contributed by atoms with Gasteiger partial charge in [0.05, 0.1) is 13.2 Å². The zero-order chi connectivity index (χ0) is 10.5. The summed E-state index contributed by atoms with van der Waals surface area (Å²) >= 11 is 0. The fourth-order valence-corrected chi connectivity index (χ4v) is 1.81. The van der Waals surface area contributed by atoms with Gasteiger partial charge < -0.3 is 9.72 Å². The minimum atomic E-state index is -0.0167. The number of ether oxygens (including phenoxy) is 1. The average Bonchev–Trinajstić information content (AvgIpc) is 2.66. The molecule has 84 valence electrons. The fraction of sp³-hybridized carbons (Fsp3) is 0.700. The van der Waals surface area contributed by atoms with E-state index in [2.05, 4.69) is 9.88 Å². The van der Waals surface area contributed by atoms with Crippen LogP contribution in [0.1, 0.15) is 6.42 Å². The molecule has 1 aliphatic heterocycles. The van der Waals surface area contributed by atoms with E-state index in [1.807, 2.05) is 0 Å². The molecule has 1 fully saturated rings. The van der Waals surface area contributed by atoms with Crippen LogP contribution in [0, 0.1) is 0 Å². The minimum Gasteiger partial charge on any atom is -0.379 e. The van der Waals surface area contributed by atoms with Gasteiger partial charge in [0.2, 0.25) is 0 Å². The lowest BCUT2D eigenvalue weighted by Crippen LogP contribution is -2.37. The number of imidazole rings is 1. The van der Waals surface area contributed by atoms with Gasteiger partial charge in [-0.1, -0.05) is 0 Å². The van der Waals surface area contributed by atoms with Gasteiger partial charge in [-0.3, -0.25) is 9.47 Å². The molecule has 0 saturated carbocycles. The van der Waals surface area contributed by atoms with E-state index in [4.69, 9.17) is 4.74 Å². The van der Waals surface area contributed by atoms with Crippen molar-refractivity contribution in [2.75, 3.05) is 32.8 Å². The number of hydrogen-bond donors (Lipinski definition) is 1. The summed E-state index contributed by atoms with van der Waals surface area (Å²) in [6.45, 7) is 5.54. The smallest absolute Gasteiger partial charge is 0.325 e. The molecule has 1 aliphatic rings. The Morgan fingerprint density at radius 2 is 2.13 bits per heavy atom. The van der Waals surface area contributed by atoms with E-state index >= 15 is 0 Å². The summed E-state index contributed by atoms with van der Waals surface area (Å²) in [5.41, 5.74) is -0.0167. The van der Waals surface area contributed by atoms with Gasteiger partial charge in [-0.2, -0.15) is 0 Å². The summed E-state index contributed by atoms with van der Waals surface area (Å²) < 4.78 is 6.98. The lowest BCUT2D eigenvalue weighted by Gasteiger charge is -2.26. The number of morpholine rings is 1. The Kier molecular flexibility index (Phi) is 3.58. The van der Waals surface area contributed by atoms with Crippen molar-refractivity contribution >= 4 is 0 Å². The molecule has 15 heavy (non-hydrogen) atoms. The van der Waals surface area contributed by atoms with Crippen LogP contribution in [-0.4, -0.2) is 47.3 Å². The highest BCUT2D eigenvalue weighted by atomic mass is 16.5. The first kappa shape index (κ1) is 10.4. The van der Waals surface area contributed by atoms with Gasteiger partial charge >= 0.3 is 5.69 Å². The summed E-state index contributed by atoms with van der Waals surface area (Å²) in [7, 11) is 0. The van der Waals surface area contributed by atoms with Crippen LogP contribution >= 0.6 is 0 Å². The van der Waals surface area contributed by atoms with Crippen molar-refractivity contribution in [3.63, 3.8) is 0 Å². The first-order chi connectivity index (χ1) is 7.36. The molecule has 5 heteroatoms. The molecule has 0 bridgehead atoms. The summed E-state index contributed by atoms with van der Waals surface area (Å²) in [4.78, 5) is 16.2. The number of aromatic amines is 1. The van der Waals surface area contributed by atoms with Crippen LogP contribution in [0.25, 0.3) is 0 Å². The Morgan fingerprint density at radius 3 is 2.80 bits per heavy atom. The van der Waals surface area contributed by atoms with Gasteiger partial charge in [-0.15, -0.1) is 0 Å². The quantitative estimate of drug-likeness (QED) is 0.756. The molecule has 0 aliphatic carbocycles. The summed E-state index contributed by atoms with van der Waals surface area (Å²) in [6, 6.07) is 0. The van der Waals surface area contributed by atoms with Gasteiger partial charge in [0.1, 0.15) is 0 Å². The molecule has 1 N–H and O–H groups in total. The van der Waals surface area contributed by atoms with Crippen molar-refractivity contribution in [3.8, 4) is 0 Å². The van der Waals surface area contributed by atoms with Crippen molar-refractivity contribution in [1.82, 2.24) is 14.5 Å². The van der Waals surface area contributed by atoms with Crippen LogP contribution in [0.3, 0.4) is 0 Å². The second-order valence-corrected chi connectivity index (χ2v) is 3.77. The van der Waals surface area contributed by atoms with Crippen LogP contribution < -0.4 is 5.69 Å². The Hall–Kier alpha value is -1.07. The van der Waals surface area contributed by atoms with Gasteiger partial charge in [-0.05, 0) is 6.42 Å². The monoisotopic (exact) mass is 211 g/mol. The van der Waals surface area contributed by atoms with Gasteiger partial charge in [0.25, 0.3) is 0 Å². The SMILES string of the molecule is O=c1[nH]ccn1CCCN1CCOCC1. The third kappa shape index (κ3) is 2.94. The highest BCUT2D eigenvalue weighted by molar-refractivity contribution is 4.75. The average molecular weight is 211 g/mol. The predicted molar refractivity (Wildman–Crippen MR) is 56.9 cm³/mol. The number of aromatic nitrogens is 2. The van der Waals surface area contributed by atoms with E-state index in [9.17, 15) is 4.79 Å². The lowest BCUT2D eigenvalue weighted by molar-refractivity contribution is 0.0369. The number of aryl methyl sites for hydroxylation is 1. The molecule has 2 heterocycles. The zero-order valence-corrected chi connectivity index (χ0v) is 8.82. The molecule has 0 spiro atoms. The van der Waals surface area contributed by atoms with Crippen LogP contribution in [0.4, 0.5) is 0 Å². The molecule has 0 unspecified atom stereocenters. The molecule has 0 radical (unpaired) electrons. The predicted octanol–water partition coefficient (Wildman–Crippen LogP) is -0.101. The Balaban J connectivity index is 1.70. The van der Waals surface area contributed by atoms with Gasteiger partial charge in [-0.25, -0.2) is 4.79 Å². The van der Waals surface area contributed by atoms with E-state index in [1.54, 1.807) is 17.0 Å². The molecule has 0 atom stereocenters. The zero-order valence-electron chi connectivity index (χ0n) is 8.82. The third-order valence-corrected chi connectivity index (χ3v) is 2.70. The Morgan fingerprint density at radius 1 is 1.33 bits per heavy atom. The Bertz CT molecular complexity index is 338. The minimum absolute atomic E-state index is 0.0167. The number of rotatable bonds is 4. The van der Waals surface area contributed by atoms with Crippen molar-refractivity contribution in [1.29, 1.82) is 0 Å². The molecule has 0 amide bonds. The number of H-pyrrole nitrogens is 1. The molecule has 5 nitrogen and oxygen atoms in total. The first-order valence-electron chi connectivity index (χ1n) is 5.40. The van der Waals surface area contributed by atoms with Crippen molar-refractivity contribution in [2.45, 2.75) is 13.0 Å². The summed E-state index contributed by atoms with van der Waals surface area (Å²) in [5.74, 6) is 0. The standard InChI is InChI=1S/C10H17N3O2/c14-10-11-2-5-13(10)4-1-3-12-6-8-15-9-7-12/h2,5H,1,3-4,6-9H2,(H,11,14). The fourth-order valence-electron chi connectivity index (χ4n) is 1.81. The van der Waals surface area contributed by atoms with E-state index in [1.165, 1.54) is 0 Å². The van der Waals surface area contributed by atoms with Gasteiger partial charge in [0, 0.05) is 38.6 Å². The maximum absolute atomic E-state index is 11.2. The van der Waals surface area contributed by atoms with Crippen molar-refractivity contribution in [2.24, 2.45) is 0 Å². The second-order valence-electron chi connectivity index (χ2n) is 3.77. The van der Waals surface area contributed by atoms with Crippen LogP contribution in [0.5, 0.6) is 0 Å². The molecular formula is C10H17N3O2. The molecule has 1 aromatic heterocycles. The lowest BCUT2D eigenvalue weighted by atomic mass is 10.3.